The van der Waals surface area contributed by atoms with Gasteiger partial charge in [-0.3, -0.25) is 4.79 Å². The van der Waals surface area contributed by atoms with Crippen LogP contribution in [0.15, 0.2) is 18.2 Å². The Morgan fingerprint density at radius 2 is 1.94 bits per heavy atom. The van der Waals surface area contributed by atoms with Crippen molar-refractivity contribution in [1.82, 2.24) is 10.6 Å². The van der Waals surface area contributed by atoms with Crippen LogP contribution < -0.4 is 10.6 Å². The van der Waals surface area contributed by atoms with Crippen molar-refractivity contribution in [2.45, 2.75) is 6.42 Å². The standard InChI is InChI=1S/C12H13F2N3O/c13-10-5-9(6-11(14)7-10)1-3-16-8-12(18)17-4-2-15/h5-7,16H,1,3-4,8H2,(H,17,18). The maximum atomic E-state index is 12.8. The minimum Gasteiger partial charge on any atom is -0.342 e. The molecule has 0 atom stereocenters. The number of nitriles is 1. The molecule has 0 aliphatic rings. The van der Waals surface area contributed by atoms with Crippen molar-refractivity contribution >= 4 is 5.91 Å². The third kappa shape index (κ3) is 5.37. The number of hydrogen-bond donors (Lipinski definition) is 2. The van der Waals surface area contributed by atoms with Gasteiger partial charge in [0.05, 0.1) is 12.6 Å². The van der Waals surface area contributed by atoms with E-state index in [1.165, 1.54) is 12.1 Å². The van der Waals surface area contributed by atoms with Crippen LogP contribution >= 0.6 is 0 Å². The molecular weight excluding hydrogens is 240 g/mol. The van der Waals surface area contributed by atoms with Gasteiger partial charge in [-0.25, -0.2) is 8.78 Å². The number of halogens is 2. The first-order valence-corrected chi connectivity index (χ1v) is 5.41. The van der Waals surface area contributed by atoms with Crippen molar-refractivity contribution in [2.75, 3.05) is 19.6 Å². The number of amides is 1. The molecule has 6 heteroatoms. The molecule has 0 saturated carbocycles. The average Bonchev–Trinajstić information content (AvgIpc) is 2.31. The van der Waals surface area contributed by atoms with E-state index in [9.17, 15) is 13.6 Å². The highest BCUT2D eigenvalue weighted by molar-refractivity contribution is 5.78. The molecule has 0 heterocycles. The summed E-state index contributed by atoms with van der Waals surface area (Å²) >= 11 is 0. The fourth-order valence-electron chi connectivity index (χ4n) is 1.39. The monoisotopic (exact) mass is 253 g/mol. The highest BCUT2D eigenvalue weighted by Gasteiger charge is 2.02. The number of rotatable bonds is 6. The number of carbonyl (C=O) groups excluding carboxylic acids is 1. The molecule has 0 aliphatic carbocycles. The van der Waals surface area contributed by atoms with Crippen LogP contribution in [0.25, 0.3) is 0 Å². The molecule has 0 aromatic heterocycles. The minimum atomic E-state index is -0.614. The van der Waals surface area contributed by atoms with E-state index in [2.05, 4.69) is 10.6 Å². The summed E-state index contributed by atoms with van der Waals surface area (Å²) in [4.78, 5) is 11.1. The zero-order valence-corrected chi connectivity index (χ0v) is 9.67. The molecule has 2 N–H and O–H groups in total. The maximum Gasteiger partial charge on any atom is 0.234 e. The first-order chi connectivity index (χ1) is 8.61. The summed E-state index contributed by atoms with van der Waals surface area (Å²) in [6, 6.07) is 5.10. The van der Waals surface area contributed by atoms with E-state index in [0.717, 1.165) is 6.07 Å². The molecule has 1 amide bonds. The summed E-state index contributed by atoms with van der Waals surface area (Å²) < 4.78 is 25.7. The Morgan fingerprint density at radius 1 is 1.28 bits per heavy atom. The Balaban J connectivity index is 2.25. The van der Waals surface area contributed by atoms with Crippen LogP contribution in [-0.2, 0) is 11.2 Å². The molecule has 1 aromatic rings. The molecule has 1 rings (SSSR count). The van der Waals surface area contributed by atoms with Gasteiger partial charge in [0.15, 0.2) is 0 Å². The summed E-state index contributed by atoms with van der Waals surface area (Å²) in [6.45, 7) is 0.456. The lowest BCUT2D eigenvalue weighted by atomic mass is 10.1. The van der Waals surface area contributed by atoms with Gasteiger partial charge >= 0.3 is 0 Å². The van der Waals surface area contributed by atoms with Crippen LogP contribution in [0.4, 0.5) is 8.78 Å². The summed E-state index contributed by atoms with van der Waals surface area (Å²) in [5, 5.41) is 13.4. The second-order valence-electron chi connectivity index (χ2n) is 3.64. The number of hydrogen-bond acceptors (Lipinski definition) is 3. The van der Waals surface area contributed by atoms with Gasteiger partial charge in [-0.05, 0) is 30.7 Å². The van der Waals surface area contributed by atoms with Gasteiger partial charge in [0, 0.05) is 6.07 Å². The van der Waals surface area contributed by atoms with Gasteiger partial charge in [0.1, 0.15) is 18.2 Å². The summed E-state index contributed by atoms with van der Waals surface area (Å²) in [7, 11) is 0. The molecule has 0 fully saturated rings. The quantitative estimate of drug-likeness (QED) is 0.580. The maximum absolute atomic E-state index is 12.8. The highest BCUT2D eigenvalue weighted by atomic mass is 19.1. The Bertz CT molecular complexity index is 437. The first kappa shape index (κ1) is 14.1. The first-order valence-electron chi connectivity index (χ1n) is 5.41. The SMILES string of the molecule is N#CCNC(=O)CNCCc1cc(F)cc(F)c1. The van der Waals surface area contributed by atoms with Crippen molar-refractivity contribution < 1.29 is 13.6 Å². The Labute approximate surface area is 104 Å². The zero-order chi connectivity index (χ0) is 13.4. The molecule has 1 aromatic carbocycles. The van der Waals surface area contributed by atoms with E-state index in [4.69, 9.17) is 5.26 Å². The number of nitrogens with zero attached hydrogens (tertiary/aromatic N) is 1. The molecule has 0 saturated heterocycles. The summed E-state index contributed by atoms with van der Waals surface area (Å²) in [5.41, 5.74) is 0.525. The van der Waals surface area contributed by atoms with Crippen molar-refractivity contribution in [1.29, 1.82) is 5.26 Å². The van der Waals surface area contributed by atoms with Gasteiger partial charge in [0.2, 0.25) is 5.91 Å². The van der Waals surface area contributed by atoms with Crippen molar-refractivity contribution in [3.05, 3.63) is 35.4 Å². The molecule has 18 heavy (non-hydrogen) atoms. The topological polar surface area (TPSA) is 64.9 Å². The van der Waals surface area contributed by atoms with Gasteiger partial charge in [-0.1, -0.05) is 0 Å². The van der Waals surface area contributed by atoms with Gasteiger partial charge < -0.3 is 10.6 Å². The highest BCUT2D eigenvalue weighted by Crippen LogP contribution is 2.07. The zero-order valence-electron chi connectivity index (χ0n) is 9.67. The van der Waals surface area contributed by atoms with Gasteiger partial charge in [0.25, 0.3) is 0 Å². The Hall–Kier alpha value is -2.00. The lowest BCUT2D eigenvalue weighted by Gasteiger charge is -2.05. The lowest BCUT2D eigenvalue weighted by Crippen LogP contribution is -2.34. The summed E-state index contributed by atoms with van der Waals surface area (Å²) in [6.07, 6.45) is 0.417. The van der Waals surface area contributed by atoms with Crippen molar-refractivity contribution in [2.24, 2.45) is 0 Å². The van der Waals surface area contributed by atoms with Crippen LogP contribution in [0.3, 0.4) is 0 Å². The van der Waals surface area contributed by atoms with Crippen LogP contribution in [-0.4, -0.2) is 25.5 Å². The van der Waals surface area contributed by atoms with E-state index >= 15 is 0 Å². The molecule has 0 radical (unpaired) electrons. The van der Waals surface area contributed by atoms with Crippen molar-refractivity contribution in [3.8, 4) is 6.07 Å². The molecule has 96 valence electrons. The Kier molecular flexibility index (Phi) is 5.74. The number of nitrogens with one attached hydrogen (secondary N) is 2. The third-order valence-electron chi connectivity index (χ3n) is 2.16. The normalized spacial score (nSPS) is 9.83. The molecule has 4 nitrogen and oxygen atoms in total. The van der Waals surface area contributed by atoms with Gasteiger partial charge in [-0.2, -0.15) is 5.26 Å². The van der Waals surface area contributed by atoms with Crippen LogP contribution in [0, 0.1) is 23.0 Å². The largest absolute Gasteiger partial charge is 0.342 e. The summed E-state index contributed by atoms with van der Waals surface area (Å²) in [5.74, 6) is -1.52. The van der Waals surface area contributed by atoms with Crippen LogP contribution in [0.2, 0.25) is 0 Å². The third-order valence-corrected chi connectivity index (χ3v) is 2.16. The molecular formula is C12H13F2N3O. The average molecular weight is 253 g/mol. The van der Waals surface area contributed by atoms with E-state index in [1.54, 1.807) is 6.07 Å². The van der Waals surface area contributed by atoms with Gasteiger partial charge in [-0.15, -0.1) is 0 Å². The molecule has 0 aliphatic heterocycles. The van der Waals surface area contributed by atoms with Crippen LogP contribution in [0.5, 0.6) is 0 Å². The predicted molar refractivity (Wildman–Crippen MR) is 61.6 cm³/mol. The second-order valence-corrected chi connectivity index (χ2v) is 3.64. The molecule has 0 bridgehead atoms. The minimum absolute atomic E-state index is 0.0321. The lowest BCUT2D eigenvalue weighted by molar-refractivity contribution is -0.120. The fraction of sp³-hybridized carbons (Fsp3) is 0.333. The van der Waals surface area contributed by atoms with Crippen molar-refractivity contribution in [3.63, 3.8) is 0 Å². The second kappa shape index (κ2) is 7.35. The number of benzene rings is 1. The van der Waals surface area contributed by atoms with E-state index < -0.39 is 11.6 Å². The molecule has 0 unspecified atom stereocenters. The van der Waals surface area contributed by atoms with E-state index in [-0.39, 0.29) is 19.0 Å². The smallest absolute Gasteiger partial charge is 0.234 e. The van der Waals surface area contributed by atoms with Crippen LogP contribution in [0.1, 0.15) is 5.56 Å². The number of carbonyl (C=O) groups is 1. The fourth-order valence-corrected chi connectivity index (χ4v) is 1.39. The Morgan fingerprint density at radius 3 is 2.56 bits per heavy atom. The predicted octanol–water partition coefficient (Wildman–Crippen LogP) is 0.737. The van der Waals surface area contributed by atoms with E-state index in [1.807, 2.05) is 0 Å². The molecule has 0 spiro atoms. The van der Waals surface area contributed by atoms with E-state index in [0.29, 0.717) is 18.5 Å².